The van der Waals surface area contributed by atoms with Gasteiger partial charge in [0.1, 0.15) is 0 Å². The number of nitrogens with zero attached hydrogens (tertiary/aromatic N) is 2. The Kier molecular flexibility index (Phi) is 9.09. The van der Waals surface area contributed by atoms with Crippen molar-refractivity contribution < 1.29 is 31.2 Å². The maximum Gasteiger partial charge on any atom is 0.416 e. The van der Waals surface area contributed by atoms with Crippen molar-refractivity contribution in [2.75, 3.05) is 19.3 Å². The van der Waals surface area contributed by atoms with Crippen molar-refractivity contribution in [2.24, 2.45) is 11.8 Å². The molecule has 1 saturated carbocycles. The van der Waals surface area contributed by atoms with Crippen molar-refractivity contribution in [1.82, 2.24) is 9.80 Å². The van der Waals surface area contributed by atoms with Crippen LogP contribution in [0, 0.1) is 11.8 Å². The summed E-state index contributed by atoms with van der Waals surface area (Å²) in [5.74, 6) is -1.72. The number of ketones is 1. The number of halogens is 3. The first-order chi connectivity index (χ1) is 18.8. The Bertz CT molecular complexity index is 1310. The van der Waals surface area contributed by atoms with Gasteiger partial charge in [-0.25, -0.2) is 8.42 Å². The number of rotatable bonds is 9. The van der Waals surface area contributed by atoms with Crippen LogP contribution in [0.4, 0.5) is 13.2 Å². The average Bonchev–Trinajstić information content (AvgIpc) is 3.27. The summed E-state index contributed by atoms with van der Waals surface area (Å²) >= 11 is 0. The van der Waals surface area contributed by atoms with E-state index in [1.807, 2.05) is 7.05 Å². The monoisotopic (exact) mass is 578 g/mol. The highest BCUT2D eigenvalue weighted by atomic mass is 32.2. The van der Waals surface area contributed by atoms with Crippen molar-refractivity contribution >= 4 is 21.5 Å². The van der Waals surface area contributed by atoms with Crippen molar-refractivity contribution in [3.63, 3.8) is 0 Å². The molecule has 0 bridgehead atoms. The highest BCUT2D eigenvalue weighted by molar-refractivity contribution is 7.91. The Morgan fingerprint density at radius 2 is 1.75 bits per heavy atom. The molecule has 2 aliphatic rings. The van der Waals surface area contributed by atoms with Crippen LogP contribution < -0.4 is 0 Å². The van der Waals surface area contributed by atoms with Crippen molar-refractivity contribution in [3.05, 3.63) is 65.7 Å². The molecular weight excluding hydrogens is 541 g/mol. The molecule has 0 unspecified atom stereocenters. The molecule has 1 aliphatic carbocycles. The van der Waals surface area contributed by atoms with E-state index in [2.05, 4.69) is 18.7 Å². The quantitative estimate of drug-likeness (QED) is 0.369. The molecule has 6 nitrogen and oxygen atoms in total. The average molecular weight is 579 g/mol. The summed E-state index contributed by atoms with van der Waals surface area (Å²) in [6.07, 6.45) is -2.23. The number of sulfone groups is 1. The molecule has 40 heavy (non-hydrogen) atoms. The maximum absolute atomic E-state index is 13.5. The van der Waals surface area contributed by atoms with Crippen LogP contribution in [0.2, 0.25) is 0 Å². The van der Waals surface area contributed by atoms with Gasteiger partial charge in [-0.1, -0.05) is 30.3 Å². The van der Waals surface area contributed by atoms with Crippen molar-refractivity contribution in [3.8, 4) is 0 Å². The van der Waals surface area contributed by atoms with Gasteiger partial charge in [0, 0.05) is 42.6 Å². The summed E-state index contributed by atoms with van der Waals surface area (Å²) < 4.78 is 66.1. The molecule has 10 heteroatoms. The van der Waals surface area contributed by atoms with Crippen LogP contribution in [0.25, 0.3) is 0 Å². The molecule has 0 N–H and O–H groups in total. The van der Waals surface area contributed by atoms with E-state index >= 15 is 0 Å². The predicted molar refractivity (Wildman–Crippen MR) is 147 cm³/mol. The van der Waals surface area contributed by atoms with E-state index in [0.717, 1.165) is 18.6 Å². The minimum atomic E-state index is -4.56. The van der Waals surface area contributed by atoms with E-state index in [9.17, 15) is 31.2 Å². The van der Waals surface area contributed by atoms with Crippen molar-refractivity contribution in [1.29, 1.82) is 0 Å². The Hall–Kier alpha value is -2.72. The Morgan fingerprint density at radius 3 is 2.40 bits per heavy atom. The second-order valence-corrected chi connectivity index (χ2v) is 13.4. The Balaban J connectivity index is 1.51. The number of likely N-dealkylation sites (tertiary alicyclic amines) is 1. The third-order valence-electron chi connectivity index (χ3n) is 8.54. The van der Waals surface area contributed by atoms with Gasteiger partial charge in [-0.2, -0.15) is 13.2 Å². The molecule has 0 radical (unpaired) electrons. The summed E-state index contributed by atoms with van der Waals surface area (Å²) in [7, 11) is -1.56. The molecule has 4 rings (SSSR count). The fourth-order valence-corrected chi connectivity index (χ4v) is 7.79. The topological polar surface area (TPSA) is 74.8 Å². The first kappa shape index (κ1) is 30.2. The summed E-state index contributed by atoms with van der Waals surface area (Å²) in [5.41, 5.74) is -0.964. The third-order valence-corrected chi connectivity index (χ3v) is 10.4. The van der Waals surface area contributed by atoms with Gasteiger partial charge in [-0.05, 0) is 76.8 Å². The van der Waals surface area contributed by atoms with Crippen LogP contribution >= 0.6 is 0 Å². The van der Waals surface area contributed by atoms with Crippen LogP contribution in [-0.4, -0.2) is 67.4 Å². The number of hydrogen-bond acceptors (Lipinski definition) is 5. The lowest BCUT2D eigenvalue weighted by Crippen LogP contribution is -2.51. The SMILES string of the molecule is CC(C)N(C)[C@@H]1CC[C@H](N2CC[C@@H](CC(=O)c3cccc(C(F)(F)F)c3)C2=O)[C@H](CS(=O)(=O)c2ccccc2)C1. The molecule has 2 aromatic carbocycles. The zero-order valence-corrected chi connectivity index (χ0v) is 23.9. The molecule has 2 fully saturated rings. The minimum Gasteiger partial charge on any atom is -0.339 e. The summed E-state index contributed by atoms with van der Waals surface area (Å²) in [4.78, 5) is 30.7. The van der Waals surface area contributed by atoms with Gasteiger partial charge in [0.25, 0.3) is 0 Å². The van der Waals surface area contributed by atoms with Gasteiger partial charge in [-0.3, -0.25) is 9.59 Å². The van der Waals surface area contributed by atoms with Crippen LogP contribution in [0.5, 0.6) is 0 Å². The van der Waals surface area contributed by atoms with Crippen molar-refractivity contribution in [2.45, 2.75) is 75.1 Å². The maximum atomic E-state index is 13.5. The highest BCUT2D eigenvalue weighted by Gasteiger charge is 2.44. The van der Waals surface area contributed by atoms with Gasteiger partial charge in [0.05, 0.1) is 16.2 Å². The summed E-state index contributed by atoms with van der Waals surface area (Å²) in [5, 5.41) is 0. The second-order valence-electron chi connectivity index (χ2n) is 11.4. The van der Waals surface area contributed by atoms with Crippen LogP contribution in [0.15, 0.2) is 59.5 Å². The second kappa shape index (κ2) is 12.0. The number of carbonyl (C=O) groups is 2. The number of hydrogen-bond donors (Lipinski definition) is 0. The summed E-state index contributed by atoms with van der Waals surface area (Å²) in [6, 6.07) is 12.8. The normalized spacial score (nSPS) is 24.2. The molecule has 0 spiro atoms. The van der Waals surface area contributed by atoms with Gasteiger partial charge in [0.15, 0.2) is 15.6 Å². The number of amides is 1. The molecule has 1 heterocycles. The first-order valence-electron chi connectivity index (χ1n) is 13.8. The molecule has 2 aromatic rings. The minimum absolute atomic E-state index is 0.0647. The van der Waals surface area contributed by atoms with Crippen LogP contribution in [0.1, 0.15) is 61.9 Å². The predicted octanol–water partition coefficient (Wildman–Crippen LogP) is 5.48. The highest BCUT2D eigenvalue weighted by Crippen LogP contribution is 2.37. The lowest BCUT2D eigenvalue weighted by atomic mass is 9.80. The number of benzene rings is 2. The van der Waals surface area contributed by atoms with Gasteiger partial charge in [-0.15, -0.1) is 0 Å². The third kappa shape index (κ3) is 6.77. The molecule has 1 aliphatic heterocycles. The number of carbonyl (C=O) groups excluding carboxylic acids is 2. The summed E-state index contributed by atoms with van der Waals surface area (Å²) in [6.45, 7) is 4.59. The van der Waals surface area contributed by atoms with Crippen LogP contribution in [-0.2, 0) is 20.8 Å². The zero-order valence-electron chi connectivity index (χ0n) is 23.1. The van der Waals surface area contributed by atoms with Gasteiger partial charge >= 0.3 is 6.18 Å². The fraction of sp³-hybridized carbons (Fsp3) is 0.533. The van der Waals surface area contributed by atoms with E-state index in [1.54, 1.807) is 35.2 Å². The van der Waals surface area contributed by atoms with Gasteiger partial charge in [0.2, 0.25) is 5.91 Å². The molecule has 4 atom stereocenters. The first-order valence-corrected chi connectivity index (χ1v) is 15.4. The smallest absolute Gasteiger partial charge is 0.339 e. The Labute approximate surface area is 234 Å². The largest absolute Gasteiger partial charge is 0.416 e. The standard InChI is InChI=1S/C30H37F3N2O4S/c1-20(2)34(3)25-12-13-27(23(17-25)19-40(38,39)26-10-5-4-6-11-26)35-15-14-22(29(35)37)18-28(36)21-8-7-9-24(16-21)30(31,32)33/h4-11,16,20,22-23,25,27H,12-15,17-19H2,1-3H3/t22-,23-,25+,27-/m0/s1. The van der Waals surface area contributed by atoms with E-state index < -0.39 is 33.3 Å². The molecule has 218 valence electrons. The molecule has 1 amide bonds. The van der Waals surface area contributed by atoms with E-state index in [1.165, 1.54) is 12.1 Å². The zero-order chi connectivity index (χ0) is 29.2. The number of alkyl halides is 3. The number of Topliss-reactive ketones (excluding diaryl/α,β-unsaturated/α-hetero) is 1. The fourth-order valence-electron chi connectivity index (χ4n) is 6.10. The van der Waals surface area contributed by atoms with E-state index in [0.29, 0.717) is 25.8 Å². The lowest BCUT2D eigenvalue weighted by Gasteiger charge is -2.44. The van der Waals surface area contributed by atoms with Crippen LogP contribution in [0.3, 0.4) is 0 Å². The van der Waals surface area contributed by atoms with E-state index in [4.69, 9.17) is 0 Å². The molecular formula is C30H37F3N2O4S. The molecule has 0 aromatic heterocycles. The van der Waals surface area contributed by atoms with E-state index in [-0.39, 0.29) is 52.6 Å². The lowest BCUT2D eigenvalue weighted by molar-refractivity contribution is -0.137. The van der Waals surface area contributed by atoms with Gasteiger partial charge < -0.3 is 9.80 Å². The molecule has 1 saturated heterocycles. The Morgan fingerprint density at radius 1 is 1.05 bits per heavy atom.